The molecule has 100 valence electrons. The number of carboxylic acid groups (broad SMARTS) is 1. The van der Waals surface area contributed by atoms with Crippen molar-refractivity contribution >= 4 is 27.8 Å². The number of ether oxygens (including phenoxy) is 1. The van der Waals surface area contributed by atoms with Gasteiger partial charge in [-0.1, -0.05) is 0 Å². The van der Waals surface area contributed by atoms with E-state index in [0.717, 1.165) is 0 Å². The first-order chi connectivity index (χ1) is 8.30. The number of methoxy groups -OCH3 is 1. The van der Waals surface area contributed by atoms with Crippen LogP contribution >= 0.6 is 15.9 Å². The van der Waals surface area contributed by atoms with Crippen molar-refractivity contribution in [2.45, 2.75) is 19.4 Å². The lowest BCUT2D eigenvalue weighted by Gasteiger charge is -2.24. The number of amides is 1. The summed E-state index contributed by atoms with van der Waals surface area (Å²) in [5.41, 5.74) is -0.887. The molecule has 18 heavy (non-hydrogen) atoms. The molecule has 0 aliphatic carbocycles. The largest absolute Gasteiger partial charge is 0.479 e. The van der Waals surface area contributed by atoms with Gasteiger partial charge in [-0.2, -0.15) is 0 Å². The van der Waals surface area contributed by atoms with Crippen molar-refractivity contribution in [3.8, 4) is 0 Å². The molecule has 1 aromatic heterocycles. The Kier molecular flexibility index (Phi) is 4.53. The van der Waals surface area contributed by atoms with Gasteiger partial charge in [-0.15, -0.1) is 0 Å². The Labute approximate surface area is 112 Å². The van der Waals surface area contributed by atoms with E-state index in [1.54, 1.807) is 13.0 Å². The lowest BCUT2D eigenvalue weighted by Crippen LogP contribution is -2.55. The summed E-state index contributed by atoms with van der Waals surface area (Å²) >= 11 is 3.10. The van der Waals surface area contributed by atoms with Crippen molar-refractivity contribution in [3.63, 3.8) is 0 Å². The Morgan fingerprint density at radius 1 is 1.61 bits per heavy atom. The molecule has 0 aromatic carbocycles. The summed E-state index contributed by atoms with van der Waals surface area (Å²) < 4.78 is 10.4. The Morgan fingerprint density at radius 3 is 2.61 bits per heavy atom. The molecule has 0 radical (unpaired) electrons. The van der Waals surface area contributed by atoms with Gasteiger partial charge in [0.1, 0.15) is 0 Å². The van der Waals surface area contributed by atoms with Gasteiger partial charge in [0.05, 0.1) is 6.61 Å². The van der Waals surface area contributed by atoms with Crippen LogP contribution in [0.5, 0.6) is 0 Å². The van der Waals surface area contributed by atoms with Crippen molar-refractivity contribution < 1.29 is 23.8 Å². The van der Waals surface area contributed by atoms with E-state index >= 15 is 0 Å². The van der Waals surface area contributed by atoms with Crippen LogP contribution in [-0.4, -0.2) is 36.2 Å². The number of furan rings is 1. The minimum absolute atomic E-state index is 0.0745. The molecular formula is C11H14BrNO5. The summed E-state index contributed by atoms with van der Waals surface area (Å²) in [7, 11) is 1.36. The minimum Gasteiger partial charge on any atom is -0.479 e. The molecular weight excluding hydrogens is 306 g/mol. The van der Waals surface area contributed by atoms with Gasteiger partial charge in [-0.3, -0.25) is 4.79 Å². The smallest absolute Gasteiger partial charge is 0.331 e. The summed E-state index contributed by atoms with van der Waals surface area (Å²) in [4.78, 5) is 23.1. The molecule has 0 aliphatic heterocycles. The molecule has 0 saturated carbocycles. The van der Waals surface area contributed by atoms with E-state index < -0.39 is 17.4 Å². The van der Waals surface area contributed by atoms with E-state index in [4.69, 9.17) is 14.3 Å². The molecule has 0 bridgehead atoms. The summed E-state index contributed by atoms with van der Waals surface area (Å²) in [5, 5.41) is 11.5. The zero-order valence-electron chi connectivity index (χ0n) is 10.2. The van der Waals surface area contributed by atoms with Crippen LogP contribution in [0.3, 0.4) is 0 Å². The van der Waals surface area contributed by atoms with E-state index in [1.807, 2.05) is 0 Å². The normalized spacial score (nSPS) is 14.0. The first-order valence-corrected chi connectivity index (χ1v) is 5.90. The maximum absolute atomic E-state index is 11.9. The quantitative estimate of drug-likeness (QED) is 0.860. The molecule has 1 rings (SSSR count). The predicted octanol–water partition coefficient (Wildman–Crippen LogP) is 1.57. The lowest BCUT2D eigenvalue weighted by atomic mass is 10.0. The predicted molar refractivity (Wildman–Crippen MR) is 66.5 cm³/mol. The Hall–Kier alpha value is -1.34. The van der Waals surface area contributed by atoms with E-state index in [0.29, 0.717) is 10.2 Å². The highest BCUT2D eigenvalue weighted by atomic mass is 79.9. The third-order valence-corrected chi connectivity index (χ3v) is 2.78. The fraction of sp³-hybridized carbons (Fsp3) is 0.455. The molecule has 2 N–H and O–H groups in total. The summed E-state index contributed by atoms with van der Waals surface area (Å²) in [6.45, 7) is 2.91. The summed E-state index contributed by atoms with van der Waals surface area (Å²) in [5.74, 6) is -1.70. The summed E-state index contributed by atoms with van der Waals surface area (Å²) in [6.07, 6.45) is 0. The van der Waals surface area contributed by atoms with Crippen molar-refractivity contribution in [1.29, 1.82) is 0 Å². The second-order valence-electron chi connectivity index (χ2n) is 4.09. The molecule has 0 saturated heterocycles. The Bertz CT molecular complexity index is 470. The number of carboxylic acids is 1. The number of hydrogen-bond donors (Lipinski definition) is 2. The number of nitrogens with one attached hydrogen (secondary N) is 1. The van der Waals surface area contributed by atoms with Gasteiger partial charge in [0.25, 0.3) is 5.91 Å². The van der Waals surface area contributed by atoms with E-state index in [9.17, 15) is 9.59 Å². The van der Waals surface area contributed by atoms with E-state index in [2.05, 4.69) is 21.2 Å². The number of carbonyl (C=O) groups is 2. The van der Waals surface area contributed by atoms with Crippen molar-refractivity contribution in [2.24, 2.45) is 0 Å². The van der Waals surface area contributed by atoms with Gasteiger partial charge in [-0.05, 0) is 35.8 Å². The van der Waals surface area contributed by atoms with E-state index in [1.165, 1.54) is 14.0 Å². The topological polar surface area (TPSA) is 88.8 Å². The van der Waals surface area contributed by atoms with E-state index in [-0.39, 0.29) is 12.4 Å². The van der Waals surface area contributed by atoms with Crippen LogP contribution in [0.15, 0.2) is 15.2 Å². The fourth-order valence-corrected chi connectivity index (χ4v) is 1.92. The third-order valence-electron chi connectivity index (χ3n) is 2.39. The van der Waals surface area contributed by atoms with Gasteiger partial charge >= 0.3 is 5.97 Å². The molecule has 1 unspecified atom stereocenters. The molecule has 0 aliphatic rings. The number of rotatable bonds is 5. The Balaban J connectivity index is 2.92. The van der Waals surface area contributed by atoms with Crippen LogP contribution in [0, 0.1) is 6.92 Å². The SMILES string of the molecule is COCC(C)(NC(=O)c1oc(Br)cc1C)C(=O)O. The molecule has 1 atom stereocenters. The first kappa shape index (κ1) is 14.7. The number of hydrogen-bond acceptors (Lipinski definition) is 4. The number of halogens is 1. The molecule has 0 spiro atoms. The highest BCUT2D eigenvalue weighted by Gasteiger charge is 2.36. The monoisotopic (exact) mass is 319 g/mol. The highest BCUT2D eigenvalue weighted by molar-refractivity contribution is 9.10. The van der Waals surface area contributed by atoms with Gasteiger partial charge < -0.3 is 19.6 Å². The average Bonchev–Trinajstić information content (AvgIpc) is 2.57. The maximum atomic E-state index is 11.9. The zero-order valence-corrected chi connectivity index (χ0v) is 11.8. The maximum Gasteiger partial charge on any atom is 0.331 e. The van der Waals surface area contributed by atoms with Gasteiger partial charge in [0.2, 0.25) is 0 Å². The van der Waals surface area contributed by atoms with Crippen molar-refractivity contribution in [3.05, 3.63) is 22.1 Å². The van der Waals surface area contributed by atoms with Crippen LogP contribution in [0.1, 0.15) is 23.0 Å². The first-order valence-electron chi connectivity index (χ1n) is 5.11. The molecule has 1 aromatic rings. The minimum atomic E-state index is -1.50. The van der Waals surface area contributed by atoms with Crippen LogP contribution in [0.4, 0.5) is 0 Å². The molecule has 1 amide bonds. The average molecular weight is 320 g/mol. The number of aliphatic carboxylic acids is 1. The van der Waals surface area contributed by atoms with Crippen molar-refractivity contribution in [2.75, 3.05) is 13.7 Å². The zero-order chi connectivity index (χ0) is 13.9. The third kappa shape index (κ3) is 3.11. The van der Waals surface area contributed by atoms with Gasteiger partial charge in [0, 0.05) is 12.7 Å². The summed E-state index contributed by atoms with van der Waals surface area (Å²) in [6, 6.07) is 1.63. The van der Waals surface area contributed by atoms with Crippen LogP contribution in [0.25, 0.3) is 0 Å². The fourth-order valence-electron chi connectivity index (χ4n) is 1.42. The Morgan fingerprint density at radius 2 is 2.22 bits per heavy atom. The second-order valence-corrected chi connectivity index (χ2v) is 4.87. The molecule has 6 nitrogen and oxygen atoms in total. The highest BCUT2D eigenvalue weighted by Crippen LogP contribution is 2.20. The van der Waals surface area contributed by atoms with Crippen LogP contribution in [0.2, 0.25) is 0 Å². The molecule has 7 heteroatoms. The van der Waals surface area contributed by atoms with Crippen LogP contribution in [-0.2, 0) is 9.53 Å². The van der Waals surface area contributed by atoms with Crippen LogP contribution < -0.4 is 5.32 Å². The second kappa shape index (κ2) is 5.53. The number of aryl methyl sites for hydroxylation is 1. The molecule has 1 heterocycles. The standard InChI is InChI=1S/C11H14BrNO5/c1-6-4-7(12)18-8(6)9(14)13-11(2,5-17-3)10(15)16/h4H,5H2,1-3H3,(H,13,14)(H,15,16). The molecule has 0 fully saturated rings. The van der Waals surface area contributed by atoms with Crippen molar-refractivity contribution in [1.82, 2.24) is 5.32 Å². The van der Waals surface area contributed by atoms with Gasteiger partial charge in [0.15, 0.2) is 16.0 Å². The number of carbonyl (C=O) groups excluding carboxylic acids is 1. The van der Waals surface area contributed by atoms with Gasteiger partial charge in [-0.25, -0.2) is 4.79 Å². The lowest BCUT2D eigenvalue weighted by molar-refractivity contribution is -0.145.